The maximum atomic E-state index is 4.56. The second-order valence-corrected chi connectivity index (χ2v) is 4.97. The van der Waals surface area contributed by atoms with Crippen LogP contribution in [0.4, 0.5) is 5.95 Å². The molecule has 1 saturated carbocycles. The molecule has 0 spiro atoms. The lowest BCUT2D eigenvalue weighted by Gasteiger charge is -2.33. The predicted molar refractivity (Wildman–Crippen MR) is 67.8 cm³/mol. The third-order valence-electron chi connectivity index (χ3n) is 3.66. The minimum Gasteiger partial charge on any atom is -0.356 e. The van der Waals surface area contributed by atoms with Crippen LogP contribution in [0.2, 0.25) is 0 Å². The van der Waals surface area contributed by atoms with Crippen LogP contribution in [0, 0.1) is 12.8 Å². The molecule has 1 aliphatic carbocycles. The molecule has 90 valence electrons. The van der Waals surface area contributed by atoms with E-state index in [1.807, 2.05) is 0 Å². The third-order valence-corrected chi connectivity index (χ3v) is 3.66. The summed E-state index contributed by atoms with van der Waals surface area (Å²) in [6.07, 6.45) is 7.49. The largest absolute Gasteiger partial charge is 0.356 e. The molecule has 0 radical (unpaired) electrons. The number of aromatic nitrogens is 2. The van der Waals surface area contributed by atoms with Gasteiger partial charge < -0.3 is 9.88 Å². The minimum atomic E-state index is 0.592. The fourth-order valence-electron chi connectivity index (χ4n) is 2.34. The molecule has 0 amide bonds. The number of nitrogens with zero attached hydrogens (tertiary/aromatic N) is 2. The number of imidazole rings is 1. The van der Waals surface area contributed by atoms with E-state index in [4.69, 9.17) is 0 Å². The Kier molecular flexibility index (Phi) is 3.52. The summed E-state index contributed by atoms with van der Waals surface area (Å²) in [5, 5.41) is 3.42. The quantitative estimate of drug-likeness (QED) is 0.826. The molecule has 1 aromatic rings. The van der Waals surface area contributed by atoms with E-state index in [1.54, 1.807) is 0 Å². The maximum absolute atomic E-state index is 4.56. The highest BCUT2D eigenvalue weighted by Gasteiger charge is 2.26. The van der Waals surface area contributed by atoms with Crippen LogP contribution in [-0.4, -0.2) is 16.1 Å². The van der Waals surface area contributed by atoms with Crippen molar-refractivity contribution in [2.24, 2.45) is 5.92 Å². The average Bonchev–Trinajstić information content (AvgIpc) is 2.54. The first kappa shape index (κ1) is 11.5. The van der Waals surface area contributed by atoms with Gasteiger partial charge in [0.15, 0.2) is 0 Å². The van der Waals surface area contributed by atoms with E-state index in [-0.39, 0.29) is 0 Å². The lowest BCUT2D eigenvalue weighted by atomic mass is 9.80. The van der Waals surface area contributed by atoms with Crippen LogP contribution >= 0.6 is 0 Å². The molecule has 0 saturated heterocycles. The first-order valence-electron chi connectivity index (χ1n) is 6.51. The number of aryl methyl sites for hydroxylation is 1. The summed E-state index contributed by atoms with van der Waals surface area (Å²) in [4.78, 5) is 4.56. The standard InChI is InChI=1S/C13H23N3/c1-4-8-14-13-15-10(2)9-16(13)11(3)12-6-5-7-12/h9,11-12H,4-8H2,1-3H3,(H,14,15). The van der Waals surface area contributed by atoms with Crippen molar-refractivity contribution >= 4 is 5.95 Å². The Morgan fingerprint density at radius 2 is 2.31 bits per heavy atom. The molecule has 1 N–H and O–H groups in total. The average molecular weight is 221 g/mol. The van der Waals surface area contributed by atoms with Gasteiger partial charge in [-0.2, -0.15) is 0 Å². The van der Waals surface area contributed by atoms with Crippen LogP contribution in [0.15, 0.2) is 6.20 Å². The molecule has 0 bridgehead atoms. The van der Waals surface area contributed by atoms with Crippen molar-refractivity contribution in [3.8, 4) is 0 Å². The SMILES string of the molecule is CCCNc1nc(C)cn1C(C)C1CCC1. The van der Waals surface area contributed by atoms with Crippen LogP contribution in [0.25, 0.3) is 0 Å². The van der Waals surface area contributed by atoms with Crippen molar-refractivity contribution in [1.82, 2.24) is 9.55 Å². The number of nitrogens with one attached hydrogen (secondary N) is 1. The van der Waals surface area contributed by atoms with Gasteiger partial charge in [-0.05, 0) is 39.0 Å². The minimum absolute atomic E-state index is 0.592. The van der Waals surface area contributed by atoms with Crippen LogP contribution < -0.4 is 5.32 Å². The Labute approximate surface area is 98.3 Å². The smallest absolute Gasteiger partial charge is 0.203 e. The van der Waals surface area contributed by atoms with Gasteiger partial charge in [0.1, 0.15) is 0 Å². The van der Waals surface area contributed by atoms with Crippen molar-refractivity contribution in [3.05, 3.63) is 11.9 Å². The van der Waals surface area contributed by atoms with E-state index in [2.05, 4.69) is 41.8 Å². The van der Waals surface area contributed by atoms with Gasteiger partial charge >= 0.3 is 0 Å². The van der Waals surface area contributed by atoms with Gasteiger partial charge in [-0.15, -0.1) is 0 Å². The fraction of sp³-hybridized carbons (Fsp3) is 0.769. The summed E-state index contributed by atoms with van der Waals surface area (Å²) >= 11 is 0. The fourth-order valence-corrected chi connectivity index (χ4v) is 2.34. The molecule has 1 heterocycles. The molecule has 0 aliphatic heterocycles. The Morgan fingerprint density at radius 1 is 1.56 bits per heavy atom. The van der Waals surface area contributed by atoms with Crippen molar-refractivity contribution in [1.29, 1.82) is 0 Å². The van der Waals surface area contributed by atoms with Crippen LogP contribution in [-0.2, 0) is 0 Å². The van der Waals surface area contributed by atoms with Gasteiger partial charge in [0.05, 0.1) is 5.69 Å². The molecule has 3 heteroatoms. The first-order valence-corrected chi connectivity index (χ1v) is 6.51. The molecule has 0 aromatic carbocycles. The van der Waals surface area contributed by atoms with Gasteiger partial charge in [-0.1, -0.05) is 13.3 Å². The molecular formula is C13H23N3. The molecule has 1 aliphatic rings. The Hall–Kier alpha value is -0.990. The normalized spacial score (nSPS) is 18.2. The monoisotopic (exact) mass is 221 g/mol. The Balaban J connectivity index is 2.10. The van der Waals surface area contributed by atoms with E-state index in [0.29, 0.717) is 6.04 Å². The van der Waals surface area contributed by atoms with E-state index < -0.39 is 0 Å². The zero-order valence-corrected chi connectivity index (χ0v) is 10.7. The molecule has 3 nitrogen and oxygen atoms in total. The van der Waals surface area contributed by atoms with E-state index in [9.17, 15) is 0 Å². The van der Waals surface area contributed by atoms with Crippen molar-refractivity contribution in [2.45, 2.75) is 52.5 Å². The summed E-state index contributed by atoms with van der Waals surface area (Å²) in [7, 11) is 0. The molecule has 2 rings (SSSR count). The molecule has 1 atom stereocenters. The lowest BCUT2D eigenvalue weighted by Crippen LogP contribution is -2.23. The van der Waals surface area contributed by atoms with E-state index in [0.717, 1.165) is 30.5 Å². The number of rotatable bonds is 5. The Morgan fingerprint density at radius 3 is 2.88 bits per heavy atom. The lowest BCUT2D eigenvalue weighted by molar-refractivity contribution is 0.224. The van der Waals surface area contributed by atoms with E-state index >= 15 is 0 Å². The van der Waals surface area contributed by atoms with Crippen LogP contribution in [0.1, 0.15) is 51.3 Å². The van der Waals surface area contributed by atoms with Gasteiger partial charge in [-0.25, -0.2) is 4.98 Å². The molecule has 1 fully saturated rings. The second-order valence-electron chi connectivity index (χ2n) is 4.97. The second kappa shape index (κ2) is 4.89. The third kappa shape index (κ3) is 2.23. The zero-order valence-electron chi connectivity index (χ0n) is 10.7. The van der Waals surface area contributed by atoms with Gasteiger partial charge in [0.25, 0.3) is 0 Å². The molecule has 1 unspecified atom stereocenters. The summed E-state index contributed by atoms with van der Waals surface area (Å²) in [6.45, 7) is 7.58. The molecule has 16 heavy (non-hydrogen) atoms. The van der Waals surface area contributed by atoms with Gasteiger partial charge in [-0.3, -0.25) is 0 Å². The van der Waals surface area contributed by atoms with E-state index in [1.165, 1.54) is 19.3 Å². The summed E-state index contributed by atoms with van der Waals surface area (Å²) in [5.74, 6) is 1.91. The van der Waals surface area contributed by atoms with Crippen molar-refractivity contribution in [3.63, 3.8) is 0 Å². The van der Waals surface area contributed by atoms with Crippen LogP contribution in [0.3, 0.4) is 0 Å². The predicted octanol–water partition coefficient (Wildman–Crippen LogP) is 3.37. The summed E-state index contributed by atoms with van der Waals surface area (Å²) < 4.78 is 2.33. The van der Waals surface area contributed by atoms with Crippen LogP contribution in [0.5, 0.6) is 0 Å². The first-order chi connectivity index (χ1) is 7.72. The maximum Gasteiger partial charge on any atom is 0.203 e. The molecule has 1 aromatic heterocycles. The van der Waals surface area contributed by atoms with Gasteiger partial charge in [0, 0.05) is 18.8 Å². The number of anilines is 1. The Bertz CT molecular complexity index is 339. The molecular weight excluding hydrogens is 198 g/mol. The van der Waals surface area contributed by atoms with Crippen molar-refractivity contribution in [2.75, 3.05) is 11.9 Å². The van der Waals surface area contributed by atoms with Crippen molar-refractivity contribution < 1.29 is 0 Å². The number of hydrogen-bond acceptors (Lipinski definition) is 2. The zero-order chi connectivity index (χ0) is 11.5. The number of hydrogen-bond donors (Lipinski definition) is 1. The highest BCUT2D eigenvalue weighted by molar-refractivity contribution is 5.29. The summed E-state index contributed by atoms with van der Waals surface area (Å²) in [5.41, 5.74) is 1.12. The highest BCUT2D eigenvalue weighted by atomic mass is 15.2. The van der Waals surface area contributed by atoms with Gasteiger partial charge in [0.2, 0.25) is 5.95 Å². The topological polar surface area (TPSA) is 29.9 Å². The highest BCUT2D eigenvalue weighted by Crippen LogP contribution is 2.37. The summed E-state index contributed by atoms with van der Waals surface area (Å²) in [6, 6.07) is 0.592.